The molecule has 1 aromatic carbocycles. The SMILES string of the molecule is CCn1cc(C(=O)N2CCCCC2C)c(=O)c2c(N)cccc21. The van der Waals surface area contributed by atoms with E-state index in [0.29, 0.717) is 24.2 Å². The first-order valence-corrected chi connectivity index (χ1v) is 8.27. The van der Waals surface area contributed by atoms with Crippen molar-refractivity contribution in [1.82, 2.24) is 9.47 Å². The van der Waals surface area contributed by atoms with Crippen molar-refractivity contribution in [2.24, 2.45) is 0 Å². The quantitative estimate of drug-likeness (QED) is 0.867. The molecule has 1 saturated heterocycles. The fourth-order valence-corrected chi connectivity index (χ4v) is 3.43. The monoisotopic (exact) mass is 313 g/mol. The maximum Gasteiger partial charge on any atom is 0.259 e. The number of rotatable bonds is 2. The molecule has 0 bridgehead atoms. The Morgan fingerprint density at radius 1 is 1.35 bits per heavy atom. The maximum atomic E-state index is 12.9. The molecule has 5 nitrogen and oxygen atoms in total. The molecule has 2 aromatic rings. The second kappa shape index (κ2) is 6.07. The number of aryl methyl sites for hydroxylation is 1. The van der Waals surface area contributed by atoms with Gasteiger partial charge in [-0.2, -0.15) is 0 Å². The lowest BCUT2D eigenvalue weighted by molar-refractivity contribution is 0.0633. The lowest BCUT2D eigenvalue weighted by Gasteiger charge is -2.33. The summed E-state index contributed by atoms with van der Waals surface area (Å²) in [6.45, 7) is 5.43. The van der Waals surface area contributed by atoms with E-state index in [9.17, 15) is 9.59 Å². The van der Waals surface area contributed by atoms with Gasteiger partial charge in [0.15, 0.2) is 0 Å². The fourth-order valence-electron chi connectivity index (χ4n) is 3.43. The van der Waals surface area contributed by atoms with Gasteiger partial charge in [-0.25, -0.2) is 0 Å². The summed E-state index contributed by atoms with van der Waals surface area (Å²) >= 11 is 0. The molecule has 122 valence electrons. The van der Waals surface area contributed by atoms with Gasteiger partial charge in [-0.3, -0.25) is 9.59 Å². The predicted molar refractivity (Wildman–Crippen MR) is 92.6 cm³/mol. The number of nitrogens with zero attached hydrogens (tertiary/aromatic N) is 2. The van der Waals surface area contributed by atoms with Gasteiger partial charge in [0.2, 0.25) is 5.43 Å². The fraction of sp³-hybridized carbons (Fsp3) is 0.444. The highest BCUT2D eigenvalue weighted by Gasteiger charge is 2.27. The van der Waals surface area contributed by atoms with E-state index in [0.717, 1.165) is 24.8 Å². The highest BCUT2D eigenvalue weighted by Crippen LogP contribution is 2.22. The van der Waals surface area contributed by atoms with Gasteiger partial charge in [-0.05, 0) is 45.2 Å². The second-order valence-electron chi connectivity index (χ2n) is 6.24. The van der Waals surface area contributed by atoms with Crippen LogP contribution in [0.1, 0.15) is 43.5 Å². The Morgan fingerprint density at radius 2 is 2.13 bits per heavy atom. The highest BCUT2D eigenvalue weighted by atomic mass is 16.2. The molecule has 1 atom stereocenters. The molecular weight excluding hydrogens is 290 g/mol. The van der Waals surface area contributed by atoms with Crippen LogP contribution in [0, 0.1) is 0 Å². The average Bonchev–Trinajstić information content (AvgIpc) is 2.55. The molecule has 0 spiro atoms. The number of carbonyl (C=O) groups is 1. The number of benzene rings is 1. The van der Waals surface area contributed by atoms with E-state index in [1.54, 1.807) is 12.3 Å². The second-order valence-corrected chi connectivity index (χ2v) is 6.24. The third-order valence-electron chi connectivity index (χ3n) is 4.78. The third-order valence-corrected chi connectivity index (χ3v) is 4.78. The van der Waals surface area contributed by atoms with Crippen LogP contribution >= 0.6 is 0 Å². The molecule has 0 aliphatic carbocycles. The molecule has 5 heteroatoms. The van der Waals surface area contributed by atoms with E-state index in [4.69, 9.17) is 5.73 Å². The number of amides is 1. The first-order chi connectivity index (χ1) is 11.0. The largest absolute Gasteiger partial charge is 0.398 e. The van der Waals surface area contributed by atoms with Crippen LogP contribution in [-0.4, -0.2) is 28.0 Å². The number of piperidine rings is 1. The van der Waals surface area contributed by atoms with Crippen molar-refractivity contribution in [3.8, 4) is 0 Å². The topological polar surface area (TPSA) is 68.3 Å². The number of aromatic nitrogens is 1. The van der Waals surface area contributed by atoms with Crippen LogP contribution in [0.2, 0.25) is 0 Å². The Kier molecular flexibility index (Phi) is 4.11. The van der Waals surface area contributed by atoms with Crippen LogP contribution < -0.4 is 11.2 Å². The van der Waals surface area contributed by atoms with E-state index in [1.807, 2.05) is 35.4 Å². The van der Waals surface area contributed by atoms with E-state index in [-0.39, 0.29) is 22.9 Å². The molecule has 1 fully saturated rings. The van der Waals surface area contributed by atoms with Crippen LogP contribution in [0.5, 0.6) is 0 Å². The molecular formula is C18H23N3O2. The number of hydrogen-bond acceptors (Lipinski definition) is 3. The normalized spacial score (nSPS) is 18.3. The molecule has 2 N–H and O–H groups in total. The number of nitrogen functional groups attached to an aromatic ring is 1. The standard InChI is InChI=1S/C18H23N3O2/c1-3-20-11-13(18(23)21-10-5-4-7-12(21)2)17(22)16-14(19)8-6-9-15(16)20/h6,8-9,11-12H,3-5,7,10,19H2,1-2H3. The zero-order valence-electron chi connectivity index (χ0n) is 13.7. The zero-order valence-corrected chi connectivity index (χ0v) is 13.7. The minimum Gasteiger partial charge on any atom is -0.398 e. The minimum atomic E-state index is -0.259. The van der Waals surface area contributed by atoms with Crippen LogP contribution in [0.3, 0.4) is 0 Å². The summed E-state index contributed by atoms with van der Waals surface area (Å²) in [5.74, 6) is -0.172. The molecule has 1 aliphatic rings. The lowest BCUT2D eigenvalue weighted by atomic mass is 10.0. The molecule has 1 amide bonds. The molecule has 0 saturated carbocycles. The average molecular weight is 313 g/mol. The summed E-state index contributed by atoms with van der Waals surface area (Å²) in [6.07, 6.45) is 4.81. The van der Waals surface area contributed by atoms with Crippen LogP contribution in [0.4, 0.5) is 5.69 Å². The van der Waals surface area contributed by atoms with Gasteiger partial charge in [0.05, 0.1) is 10.9 Å². The summed E-state index contributed by atoms with van der Waals surface area (Å²) < 4.78 is 1.93. The van der Waals surface area contributed by atoms with Crippen LogP contribution in [-0.2, 0) is 6.54 Å². The van der Waals surface area contributed by atoms with Crippen molar-refractivity contribution < 1.29 is 4.79 Å². The molecule has 3 rings (SSSR count). The number of hydrogen-bond donors (Lipinski definition) is 1. The Balaban J connectivity index is 2.18. The van der Waals surface area contributed by atoms with Crippen molar-refractivity contribution in [1.29, 1.82) is 0 Å². The van der Waals surface area contributed by atoms with Crippen molar-refractivity contribution in [3.63, 3.8) is 0 Å². The number of pyridine rings is 1. The number of likely N-dealkylation sites (tertiary alicyclic amines) is 1. The molecule has 2 heterocycles. The predicted octanol–water partition coefficient (Wildman–Crippen LogP) is 2.62. The van der Waals surface area contributed by atoms with E-state index < -0.39 is 0 Å². The molecule has 1 aliphatic heterocycles. The van der Waals surface area contributed by atoms with Gasteiger partial charge in [0.1, 0.15) is 5.56 Å². The van der Waals surface area contributed by atoms with Gasteiger partial charge in [0.25, 0.3) is 5.91 Å². The molecule has 23 heavy (non-hydrogen) atoms. The number of anilines is 1. The van der Waals surface area contributed by atoms with Gasteiger partial charge < -0.3 is 15.2 Å². The number of nitrogens with two attached hydrogens (primary N) is 1. The first kappa shape index (κ1) is 15.6. The summed E-state index contributed by atoms with van der Waals surface area (Å²) in [7, 11) is 0. The summed E-state index contributed by atoms with van der Waals surface area (Å²) in [4.78, 5) is 27.6. The smallest absolute Gasteiger partial charge is 0.259 e. The van der Waals surface area contributed by atoms with Crippen molar-refractivity contribution in [3.05, 3.63) is 40.2 Å². The van der Waals surface area contributed by atoms with Crippen molar-refractivity contribution in [2.75, 3.05) is 12.3 Å². The Labute approximate surface area is 135 Å². The highest BCUT2D eigenvalue weighted by molar-refractivity contribution is 6.00. The minimum absolute atomic E-state index is 0.172. The van der Waals surface area contributed by atoms with Gasteiger partial charge in [0, 0.05) is 31.0 Å². The van der Waals surface area contributed by atoms with Crippen molar-refractivity contribution >= 4 is 22.5 Å². The molecule has 1 unspecified atom stereocenters. The Morgan fingerprint density at radius 3 is 2.83 bits per heavy atom. The zero-order chi connectivity index (χ0) is 16.6. The summed E-state index contributed by atoms with van der Waals surface area (Å²) in [5, 5.41) is 0.449. The third kappa shape index (κ3) is 2.60. The van der Waals surface area contributed by atoms with Crippen molar-refractivity contribution in [2.45, 2.75) is 45.7 Å². The Hall–Kier alpha value is -2.30. The van der Waals surface area contributed by atoms with E-state index >= 15 is 0 Å². The van der Waals surface area contributed by atoms with Gasteiger partial charge in [-0.15, -0.1) is 0 Å². The Bertz CT molecular complexity index is 810. The first-order valence-electron chi connectivity index (χ1n) is 8.27. The number of carbonyl (C=O) groups excluding carboxylic acids is 1. The van der Waals surface area contributed by atoms with Gasteiger partial charge in [-0.1, -0.05) is 6.07 Å². The lowest BCUT2D eigenvalue weighted by Crippen LogP contribution is -2.43. The van der Waals surface area contributed by atoms with Gasteiger partial charge >= 0.3 is 0 Å². The molecule has 0 radical (unpaired) electrons. The molecule has 1 aromatic heterocycles. The van der Waals surface area contributed by atoms with Crippen LogP contribution in [0.25, 0.3) is 10.9 Å². The maximum absolute atomic E-state index is 12.9. The van der Waals surface area contributed by atoms with E-state index in [2.05, 4.69) is 0 Å². The van der Waals surface area contributed by atoms with Crippen LogP contribution in [0.15, 0.2) is 29.2 Å². The van der Waals surface area contributed by atoms with E-state index in [1.165, 1.54) is 0 Å². The summed E-state index contributed by atoms with van der Waals surface area (Å²) in [6, 6.07) is 5.59. The number of fused-ring (bicyclic) bond motifs is 1. The summed E-state index contributed by atoms with van der Waals surface area (Å²) in [5.41, 5.74) is 7.19.